The number of nitrogens with zero attached hydrogens (tertiary/aromatic N) is 3. The van der Waals surface area contributed by atoms with Crippen molar-refractivity contribution in [2.75, 3.05) is 5.32 Å². The smallest absolute Gasteiger partial charge is 0.269 e. The van der Waals surface area contributed by atoms with Crippen LogP contribution in [-0.4, -0.2) is 20.4 Å². The van der Waals surface area contributed by atoms with Gasteiger partial charge in [0.2, 0.25) is 5.91 Å². The van der Waals surface area contributed by atoms with E-state index >= 15 is 0 Å². The van der Waals surface area contributed by atoms with Gasteiger partial charge < -0.3 is 5.32 Å². The molecule has 3 aromatic rings. The van der Waals surface area contributed by atoms with Crippen molar-refractivity contribution in [2.45, 2.75) is 27.3 Å². The third kappa shape index (κ3) is 3.21. The molecule has 9 heteroatoms. The number of rotatable bonds is 4. The first-order chi connectivity index (χ1) is 12.3. The average Bonchev–Trinajstić information content (AvgIpc) is 2.86. The van der Waals surface area contributed by atoms with E-state index in [0.29, 0.717) is 21.7 Å². The topological polar surface area (TPSA) is 107 Å². The first-order valence-electron chi connectivity index (χ1n) is 7.79. The van der Waals surface area contributed by atoms with E-state index in [1.807, 2.05) is 13.8 Å². The average molecular weight is 372 g/mol. The number of aromatic nitrogens is 2. The molecular weight excluding hydrogens is 356 g/mol. The summed E-state index contributed by atoms with van der Waals surface area (Å²) in [5.41, 5.74) is 0.996. The zero-order valence-electron chi connectivity index (χ0n) is 14.4. The predicted octanol–water partition coefficient (Wildman–Crippen LogP) is 2.93. The number of anilines is 1. The number of hydrogen-bond acceptors (Lipinski definition) is 6. The van der Waals surface area contributed by atoms with Crippen LogP contribution in [0.15, 0.2) is 29.1 Å². The van der Waals surface area contributed by atoms with Crippen molar-refractivity contribution in [1.82, 2.24) is 9.55 Å². The summed E-state index contributed by atoms with van der Waals surface area (Å²) >= 11 is 1.46. The Morgan fingerprint density at radius 2 is 1.92 bits per heavy atom. The molecule has 0 saturated heterocycles. The van der Waals surface area contributed by atoms with Gasteiger partial charge in [0.05, 0.1) is 10.3 Å². The summed E-state index contributed by atoms with van der Waals surface area (Å²) in [7, 11) is 0. The standard InChI is InChI=1S/C17H16N4O4S/c1-9-10(2)26-16-15(9)17(23)20(11(3)18-16)8-14(22)19-12-4-6-13(7-5-12)21(24)25/h4-7H,8H2,1-3H3,(H,19,22). The number of benzene rings is 1. The lowest BCUT2D eigenvalue weighted by molar-refractivity contribution is -0.384. The van der Waals surface area contributed by atoms with Crippen molar-refractivity contribution < 1.29 is 9.72 Å². The lowest BCUT2D eigenvalue weighted by atomic mass is 10.2. The molecule has 8 nitrogen and oxygen atoms in total. The Morgan fingerprint density at radius 3 is 2.54 bits per heavy atom. The molecule has 0 spiro atoms. The van der Waals surface area contributed by atoms with Gasteiger partial charge in [0.15, 0.2) is 0 Å². The number of aryl methyl sites for hydroxylation is 3. The highest BCUT2D eigenvalue weighted by atomic mass is 32.1. The minimum Gasteiger partial charge on any atom is -0.325 e. The Labute approximate surface area is 152 Å². The van der Waals surface area contributed by atoms with E-state index in [2.05, 4.69) is 10.3 Å². The minimum atomic E-state index is -0.513. The van der Waals surface area contributed by atoms with E-state index in [1.54, 1.807) is 6.92 Å². The Hall–Kier alpha value is -3.07. The van der Waals surface area contributed by atoms with E-state index in [4.69, 9.17) is 0 Å². The van der Waals surface area contributed by atoms with Crippen LogP contribution in [0, 0.1) is 30.9 Å². The van der Waals surface area contributed by atoms with Crippen LogP contribution in [0.25, 0.3) is 10.2 Å². The van der Waals surface area contributed by atoms with Crippen molar-refractivity contribution in [2.24, 2.45) is 0 Å². The van der Waals surface area contributed by atoms with Gasteiger partial charge in [-0.1, -0.05) is 0 Å². The molecule has 0 aliphatic rings. The van der Waals surface area contributed by atoms with Crippen LogP contribution >= 0.6 is 11.3 Å². The van der Waals surface area contributed by atoms with Gasteiger partial charge in [-0.2, -0.15) is 0 Å². The van der Waals surface area contributed by atoms with Crippen LogP contribution < -0.4 is 10.9 Å². The highest BCUT2D eigenvalue weighted by Crippen LogP contribution is 2.26. The molecule has 1 amide bonds. The summed E-state index contributed by atoms with van der Waals surface area (Å²) in [5.74, 6) is 0.0532. The molecule has 134 valence electrons. The van der Waals surface area contributed by atoms with Gasteiger partial charge in [0, 0.05) is 22.7 Å². The number of nitro groups is 1. The molecule has 3 rings (SSSR count). The fourth-order valence-corrected chi connectivity index (χ4v) is 3.69. The van der Waals surface area contributed by atoms with Crippen molar-refractivity contribution in [3.63, 3.8) is 0 Å². The molecule has 0 aliphatic carbocycles. The zero-order chi connectivity index (χ0) is 19.0. The largest absolute Gasteiger partial charge is 0.325 e. The van der Waals surface area contributed by atoms with Crippen molar-refractivity contribution in [3.8, 4) is 0 Å². The molecule has 26 heavy (non-hydrogen) atoms. The summed E-state index contributed by atoms with van der Waals surface area (Å²) < 4.78 is 1.34. The lowest BCUT2D eigenvalue weighted by Crippen LogP contribution is -2.30. The van der Waals surface area contributed by atoms with Crippen molar-refractivity contribution >= 4 is 38.8 Å². The fraction of sp³-hybridized carbons (Fsp3) is 0.235. The third-order valence-corrected chi connectivity index (χ3v) is 5.24. The fourth-order valence-electron chi connectivity index (χ4n) is 2.63. The maximum Gasteiger partial charge on any atom is 0.269 e. The highest BCUT2D eigenvalue weighted by molar-refractivity contribution is 7.18. The van der Waals surface area contributed by atoms with Gasteiger partial charge in [-0.15, -0.1) is 11.3 Å². The lowest BCUT2D eigenvalue weighted by Gasteiger charge is -2.10. The monoisotopic (exact) mass is 372 g/mol. The quantitative estimate of drug-likeness (QED) is 0.560. The zero-order valence-corrected chi connectivity index (χ0v) is 15.2. The molecule has 0 saturated carbocycles. The van der Waals surface area contributed by atoms with Crippen molar-refractivity contribution in [1.29, 1.82) is 0 Å². The van der Waals surface area contributed by atoms with Gasteiger partial charge in [-0.05, 0) is 38.5 Å². The van der Waals surface area contributed by atoms with Crippen LogP contribution in [0.2, 0.25) is 0 Å². The SMILES string of the molecule is Cc1sc2nc(C)n(CC(=O)Nc3ccc([N+](=O)[O-])cc3)c(=O)c2c1C. The first kappa shape index (κ1) is 17.7. The van der Waals surface area contributed by atoms with Gasteiger partial charge >= 0.3 is 0 Å². The number of fused-ring (bicyclic) bond motifs is 1. The van der Waals surface area contributed by atoms with E-state index in [9.17, 15) is 19.7 Å². The number of carbonyl (C=O) groups excluding carboxylic acids is 1. The minimum absolute atomic E-state index is 0.0620. The van der Waals surface area contributed by atoms with Gasteiger partial charge in [0.25, 0.3) is 11.2 Å². The Balaban J connectivity index is 1.86. The number of hydrogen-bond donors (Lipinski definition) is 1. The summed E-state index contributed by atoms with van der Waals surface area (Å²) in [6, 6.07) is 5.50. The third-order valence-electron chi connectivity index (χ3n) is 4.14. The molecule has 0 radical (unpaired) electrons. The summed E-state index contributed by atoms with van der Waals surface area (Å²) in [6.07, 6.45) is 0. The van der Waals surface area contributed by atoms with E-state index in [0.717, 1.165) is 10.4 Å². The maximum atomic E-state index is 12.8. The molecule has 0 bridgehead atoms. The summed E-state index contributed by atoms with van der Waals surface area (Å²) in [5, 5.41) is 13.8. The van der Waals surface area contributed by atoms with E-state index in [-0.39, 0.29) is 17.8 Å². The second kappa shape index (κ2) is 6.68. The number of carbonyl (C=O) groups is 1. The molecule has 0 atom stereocenters. The van der Waals surface area contributed by atoms with Crippen LogP contribution in [0.1, 0.15) is 16.3 Å². The molecule has 1 aromatic carbocycles. The number of thiophene rings is 1. The Bertz CT molecular complexity index is 1080. The number of non-ortho nitro benzene ring substituents is 1. The van der Waals surface area contributed by atoms with Crippen LogP contribution in [0.4, 0.5) is 11.4 Å². The first-order valence-corrected chi connectivity index (χ1v) is 8.61. The Morgan fingerprint density at radius 1 is 1.27 bits per heavy atom. The molecule has 0 unspecified atom stereocenters. The summed E-state index contributed by atoms with van der Waals surface area (Å²) in [4.78, 5) is 41.4. The molecule has 1 N–H and O–H groups in total. The second-order valence-electron chi connectivity index (χ2n) is 5.87. The predicted molar refractivity (Wildman–Crippen MR) is 99.8 cm³/mol. The molecule has 0 aliphatic heterocycles. The van der Waals surface area contributed by atoms with Gasteiger partial charge in [-0.25, -0.2) is 4.98 Å². The van der Waals surface area contributed by atoms with Crippen LogP contribution in [0.3, 0.4) is 0 Å². The van der Waals surface area contributed by atoms with Gasteiger partial charge in [0.1, 0.15) is 17.2 Å². The van der Waals surface area contributed by atoms with E-state index < -0.39 is 10.8 Å². The number of amides is 1. The molecule has 2 aromatic heterocycles. The second-order valence-corrected chi connectivity index (χ2v) is 7.07. The molecule has 2 heterocycles. The summed E-state index contributed by atoms with van der Waals surface area (Å²) in [6.45, 7) is 5.30. The van der Waals surface area contributed by atoms with Crippen LogP contribution in [-0.2, 0) is 11.3 Å². The van der Waals surface area contributed by atoms with Gasteiger partial charge in [-0.3, -0.25) is 24.3 Å². The van der Waals surface area contributed by atoms with Crippen molar-refractivity contribution in [3.05, 3.63) is 61.0 Å². The van der Waals surface area contributed by atoms with Crippen LogP contribution in [0.5, 0.6) is 0 Å². The molecular formula is C17H16N4O4S. The maximum absolute atomic E-state index is 12.8. The number of nitrogens with one attached hydrogen (secondary N) is 1. The Kier molecular flexibility index (Phi) is 4.56. The number of nitro benzene ring substituents is 1. The van der Waals surface area contributed by atoms with E-state index in [1.165, 1.54) is 40.2 Å². The highest BCUT2D eigenvalue weighted by Gasteiger charge is 2.16. The molecule has 0 fully saturated rings. The normalized spacial score (nSPS) is 10.9.